The van der Waals surface area contributed by atoms with Crippen LogP contribution in [0.1, 0.15) is 40.6 Å². The van der Waals surface area contributed by atoms with Gasteiger partial charge in [0.25, 0.3) is 5.91 Å². The van der Waals surface area contributed by atoms with E-state index < -0.39 is 0 Å². The van der Waals surface area contributed by atoms with E-state index in [4.69, 9.17) is 0 Å². The Morgan fingerprint density at radius 2 is 2.12 bits per heavy atom. The molecule has 6 heteroatoms. The van der Waals surface area contributed by atoms with Crippen molar-refractivity contribution in [3.8, 4) is 0 Å². The second-order valence-electron chi connectivity index (χ2n) is 6.78. The standard InChI is InChI=1S/C19H22N4O2/c1-21-12-9-20-18(21)16-7-4-10-23(16)17(24)13-22-11-8-14-5-2-3-6-15(14)19(22)25/h2-3,5-6,9,12,16H,4,7-8,10-11,13H2,1H3. The van der Waals surface area contributed by atoms with Gasteiger partial charge in [0.05, 0.1) is 6.04 Å². The Balaban J connectivity index is 1.49. The maximum Gasteiger partial charge on any atom is 0.254 e. The van der Waals surface area contributed by atoms with Gasteiger partial charge >= 0.3 is 0 Å². The summed E-state index contributed by atoms with van der Waals surface area (Å²) in [5, 5.41) is 0. The van der Waals surface area contributed by atoms with Crippen LogP contribution in [0.3, 0.4) is 0 Å². The lowest BCUT2D eigenvalue weighted by Crippen LogP contribution is -2.45. The van der Waals surface area contributed by atoms with E-state index in [2.05, 4.69) is 4.98 Å². The van der Waals surface area contributed by atoms with Crippen molar-refractivity contribution in [1.29, 1.82) is 0 Å². The molecule has 0 aliphatic carbocycles. The monoisotopic (exact) mass is 338 g/mol. The van der Waals surface area contributed by atoms with Crippen molar-refractivity contribution >= 4 is 11.8 Å². The Morgan fingerprint density at radius 3 is 2.92 bits per heavy atom. The fraction of sp³-hybridized carbons (Fsp3) is 0.421. The molecule has 25 heavy (non-hydrogen) atoms. The van der Waals surface area contributed by atoms with Gasteiger partial charge in [0.2, 0.25) is 5.91 Å². The van der Waals surface area contributed by atoms with Gasteiger partial charge in [-0.3, -0.25) is 9.59 Å². The Morgan fingerprint density at radius 1 is 1.28 bits per heavy atom. The molecule has 2 amide bonds. The minimum absolute atomic E-state index is 0.0123. The van der Waals surface area contributed by atoms with Gasteiger partial charge in [-0.05, 0) is 30.9 Å². The fourth-order valence-electron chi connectivity index (χ4n) is 3.91. The number of aromatic nitrogens is 2. The smallest absolute Gasteiger partial charge is 0.254 e. The van der Waals surface area contributed by atoms with E-state index in [1.54, 1.807) is 11.1 Å². The van der Waals surface area contributed by atoms with Gasteiger partial charge in [-0.1, -0.05) is 18.2 Å². The van der Waals surface area contributed by atoms with Crippen LogP contribution in [0, 0.1) is 0 Å². The average Bonchev–Trinajstić information content (AvgIpc) is 3.26. The number of amides is 2. The summed E-state index contributed by atoms with van der Waals surface area (Å²) in [6, 6.07) is 7.68. The van der Waals surface area contributed by atoms with Crippen LogP contribution in [0.25, 0.3) is 0 Å². The molecule has 2 aliphatic heterocycles. The average molecular weight is 338 g/mol. The van der Waals surface area contributed by atoms with Gasteiger partial charge in [0, 0.05) is 38.1 Å². The van der Waals surface area contributed by atoms with Gasteiger partial charge in [0.15, 0.2) is 0 Å². The number of fused-ring (bicyclic) bond motifs is 1. The summed E-state index contributed by atoms with van der Waals surface area (Å²) in [5.41, 5.74) is 1.80. The maximum atomic E-state index is 12.9. The molecule has 1 unspecified atom stereocenters. The highest BCUT2D eigenvalue weighted by molar-refractivity contribution is 5.98. The molecule has 0 spiro atoms. The summed E-state index contributed by atoms with van der Waals surface area (Å²) < 4.78 is 1.97. The first-order valence-corrected chi connectivity index (χ1v) is 8.79. The number of nitrogens with zero attached hydrogens (tertiary/aromatic N) is 4. The minimum atomic E-state index is -0.0389. The van der Waals surface area contributed by atoms with Crippen molar-refractivity contribution in [2.45, 2.75) is 25.3 Å². The quantitative estimate of drug-likeness (QED) is 0.857. The Hall–Kier alpha value is -2.63. The zero-order valence-electron chi connectivity index (χ0n) is 14.4. The Kier molecular flexibility index (Phi) is 4.03. The SMILES string of the molecule is Cn1ccnc1C1CCCN1C(=O)CN1CCc2ccccc2C1=O. The molecule has 3 heterocycles. The number of imidazole rings is 1. The third kappa shape index (κ3) is 2.81. The van der Waals surface area contributed by atoms with Gasteiger partial charge in [-0.2, -0.15) is 0 Å². The highest BCUT2D eigenvalue weighted by Gasteiger charge is 2.34. The first-order chi connectivity index (χ1) is 12.1. The molecule has 4 rings (SSSR count). The molecule has 1 fully saturated rings. The molecule has 1 saturated heterocycles. The second-order valence-corrected chi connectivity index (χ2v) is 6.78. The second kappa shape index (κ2) is 6.35. The molecule has 2 aliphatic rings. The van der Waals surface area contributed by atoms with E-state index in [0.717, 1.165) is 42.8 Å². The number of benzene rings is 1. The highest BCUT2D eigenvalue weighted by atomic mass is 16.2. The largest absolute Gasteiger partial charge is 0.336 e. The molecule has 0 N–H and O–H groups in total. The molecule has 130 valence electrons. The fourth-order valence-corrected chi connectivity index (χ4v) is 3.91. The van der Waals surface area contributed by atoms with Gasteiger partial charge in [0.1, 0.15) is 12.4 Å². The number of carbonyl (C=O) groups excluding carboxylic acids is 2. The van der Waals surface area contributed by atoms with Crippen LogP contribution >= 0.6 is 0 Å². The lowest BCUT2D eigenvalue weighted by molar-refractivity contribution is -0.133. The van der Waals surface area contributed by atoms with Crippen LogP contribution in [-0.2, 0) is 18.3 Å². The van der Waals surface area contributed by atoms with E-state index >= 15 is 0 Å². The van der Waals surface area contributed by atoms with Crippen molar-refractivity contribution in [2.75, 3.05) is 19.6 Å². The van der Waals surface area contributed by atoms with Crippen molar-refractivity contribution in [3.05, 3.63) is 53.6 Å². The van der Waals surface area contributed by atoms with E-state index in [1.807, 2.05) is 47.0 Å². The zero-order chi connectivity index (χ0) is 17.4. The van der Waals surface area contributed by atoms with Crippen LogP contribution in [-0.4, -0.2) is 50.8 Å². The predicted octanol–water partition coefficient (Wildman–Crippen LogP) is 1.78. The van der Waals surface area contributed by atoms with Crippen molar-refractivity contribution in [3.63, 3.8) is 0 Å². The number of likely N-dealkylation sites (tertiary alicyclic amines) is 1. The van der Waals surface area contributed by atoms with Gasteiger partial charge in [-0.25, -0.2) is 4.98 Å². The minimum Gasteiger partial charge on any atom is -0.336 e. The molecule has 0 saturated carbocycles. The molecular formula is C19H22N4O2. The Bertz CT molecular complexity index is 813. The summed E-state index contributed by atoms with van der Waals surface area (Å²) in [5.74, 6) is 0.891. The molecule has 1 atom stereocenters. The molecule has 1 aromatic carbocycles. The summed E-state index contributed by atoms with van der Waals surface area (Å²) >= 11 is 0. The number of rotatable bonds is 3. The summed E-state index contributed by atoms with van der Waals surface area (Å²) in [4.78, 5) is 33.5. The predicted molar refractivity (Wildman–Crippen MR) is 92.9 cm³/mol. The number of aryl methyl sites for hydroxylation is 1. The van der Waals surface area contributed by atoms with Crippen LogP contribution in [0.4, 0.5) is 0 Å². The number of hydrogen-bond acceptors (Lipinski definition) is 3. The van der Waals surface area contributed by atoms with E-state index in [-0.39, 0.29) is 24.4 Å². The first-order valence-electron chi connectivity index (χ1n) is 8.79. The van der Waals surface area contributed by atoms with Crippen LogP contribution in [0.2, 0.25) is 0 Å². The molecule has 1 aromatic heterocycles. The zero-order valence-corrected chi connectivity index (χ0v) is 14.4. The van der Waals surface area contributed by atoms with Gasteiger partial charge < -0.3 is 14.4 Å². The van der Waals surface area contributed by atoms with E-state index in [1.165, 1.54) is 0 Å². The normalized spacial score (nSPS) is 20.0. The van der Waals surface area contributed by atoms with E-state index in [0.29, 0.717) is 6.54 Å². The number of hydrogen-bond donors (Lipinski definition) is 0. The third-order valence-electron chi connectivity index (χ3n) is 5.24. The third-order valence-corrected chi connectivity index (χ3v) is 5.24. The summed E-state index contributed by atoms with van der Waals surface area (Å²) in [6.45, 7) is 1.48. The van der Waals surface area contributed by atoms with Crippen molar-refractivity contribution in [2.24, 2.45) is 7.05 Å². The molecule has 0 radical (unpaired) electrons. The topological polar surface area (TPSA) is 58.4 Å². The lowest BCUT2D eigenvalue weighted by atomic mass is 9.99. The highest BCUT2D eigenvalue weighted by Crippen LogP contribution is 2.31. The first kappa shape index (κ1) is 15.9. The summed E-state index contributed by atoms with van der Waals surface area (Å²) in [7, 11) is 1.95. The van der Waals surface area contributed by atoms with E-state index in [9.17, 15) is 9.59 Å². The van der Waals surface area contributed by atoms with Crippen LogP contribution in [0.15, 0.2) is 36.7 Å². The summed E-state index contributed by atoms with van der Waals surface area (Å²) in [6.07, 6.45) is 6.37. The molecule has 6 nitrogen and oxygen atoms in total. The molecule has 0 bridgehead atoms. The molecule has 2 aromatic rings. The van der Waals surface area contributed by atoms with Gasteiger partial charge in [-0.15, -0.1) is 0 Å². The number of carbonyl (C=O) groups is 2. The molecular weight excluding hydrogens is 316 g/mol. The lowest BCUT2D eigenvalue weighted by Gasteiger charge is -2.31. The Labute approximate surface area is 147 Å². The maximum absolute atomic E-state index is 12.9. The van der Waals surface area contributed by atoms with Crippen molar-refractivity contribution < 1.29 is 9.59 Å². The van der Waals surface area contributed by atoms with Crippen LogP contribution in [0.5, 0.6) is 0 Å². The van der Waals surface area contributed by atoms with Crippen molar-refractivity contribution in [1.82, 2.24) is 19.4 Å². The van der Waals surface area contributed by atoms with Crippen LogP contribution < -0.4 is 0 Å².